The summed E-state index contributed by atoms with van der Waals surface area (Å²) >= 11 is 0. The van der Waals surface area contributed by atoms with E-state index in [1.807, 2.05) is 0 Å². The van der Waals surface area contributed by atoms with Gasteiger partial charge in [0.05, 0.1) is 6.04 Å². The van der Waals surface area contributed by atoms with Gasteiger partial charge in [0.2, 0.25) is 0 Å². The SMILES string of the molecule is C#CC(Cc1cccc(F)c1)NC(=O)OC(C)(C)C. The lowest BCUT2D eigenvalue weighted by molar-refractivity contribution is 0.0516. The molecular weight excluding hydrogens is 245 g/mol. The van der Waals surface area contributed by atoms with Crippen LogP contribution in [0, 0.1) is 18.2 Å². The Hall–Kier alpha value is -2.02. The number of nitrogens with one attached hydrogen (secondary N) is 1. The monoisotopic (exact) mass is 263 g/mol. The van der Waals surface area contributed by atoms with E-state index in [1.54, 1.807) is 32.9 Å². The van der Waals surface area contributed by atoms with Gasteiger partial charge >= 0.3 is 6.09 Å². The van der Waals surface area contributed by atoms with Crippen LogP contribution in [0.3, 0.4) is 0 Å². The number of terminal acetylenes is 1. The number of rotatable bonds is 3. The number of carbonyl (C=O) groups is 1. The van der Waals surface area contributed by atoms with E-state index in [2.05, 4.69) is 11.2 Å². The summed E-state index contributed by atoms with van der Waals surface area (Å²) in [6.07, 6.45) is 5.13. The molecule has 102 valence electrons. The van der Waals surface area contributed by atoms with Gasteiger partial charge in [0.15, 0.2) is 0 Å². The van der Waals surface area contributed by atoms with Gasteiger partial charge in [-0.2, -0.15) is 0 Å². The predicted octanol–water partition coefficient (Wildman–Crippen LogP) is 2.89. The molecule has 0 spiro atoms. The maximum absolute atomic E-state index is 13.0. The lowest BCUT2D eigenvalue weighted by Gasteiger charge is -2.21. The minimum atomic E-state index is -0.581. The first-order valence-corrected chi connectivity index (χ1v) is 6.00. The number of benzene rings is 1. The smallest absolute Gasteiger partial charge is 0.408 e. The van der Waals surface area contributed by atoms with Crippen molar-refractivity contribution in [1.29, 1.82) is 0 Å². The second-order valence-electron chi connectivity index (χ2n) is 5.20. The fourth-order valence-electron chi connectivity index (χ4n) is 1.50. The van der Waals surface area contributed by atoms with E-state index >= 15 is 0 Å². The molecule has 1 unspecified atom stereocenters. The second-order valence-corrected chi connectivity index (χ2v) is 5.20. The summed E-state index contributed by atoms with van der Waals surface area (Å²) in [6, 6.07) is 5.57. The molecule has 0 aromatic heterocycles. The normalized spacial score (nSPS) is 12.4. The summed E-state index contributed by atoms with van der Waals surface area (Å²) in [5.74, 6) is 2.12. The fourth-order valence-corrected chi connectivity index (χ4v) is 1.50. The summed E-state index contributed by atoms with van der Waals surface area (Å²) in [6.45, 7) is 5.30. The molecule has 0 bridgehead atoms. The summed E-state index contributed by atoms with van der Waals surface area (Å²) < 4.78 is 18.2. The minimum absolute atomic E-state index is 0.328. The molecule has 1 atom stereocenters. The van der Waals surface area contributed by atoms with Gasteiger partial charge in [-0.05, 0) is 38.5 Å². The number of carbonyl (C=O) groups excluding carboxylic acids is 1. The Morgan fingerprint density at radius 2 is 2.21 bits per heavy atom. The number of ether oxygens (including phenoxy) is 1. The number of amides is 1. The molecule has 1 amide bonds. The largest absolute Gasteiger partial charge is 0.444 e. The molecule has 1 aromatic carbocycles. The molecule has 4 heteroatoms. The molecule has 1 rings (SSSR count). The van der Waals surface area contributed by atoms with Crippen molar-refractivity contribution in [2.45, 2.75) is 38.8 Å². The minimum Gasteiger partial charge on any atom is -0.444 e. The quantitative estimate of drug-likeness (QED) is 0.852. The fraction of sp³-hybridized carbons (Fsp3) is 0.400. The molecule has 3 nitrogen and oxygen atoms in total. The van der Waals surface area contributed by atoms with Gasteiger partial charge in [-0.1, -0.05) is 18.1 Å². The lowest BCUT2D eigenvalue weighted by atomic mass is 10.1. The summed E-state index contributed by atoms with van der Waals surface area (Å²) in [4.78, 5) is 11.6. The van der Waals surface area contributed by atoms with Crippen LogP contribution in [0.15, 0.2) is 24.3 Å². The van der Waals surface area contributed by atoms with E-state index in [0.29, 0.717) is 6.42 Å². The Labute approximate surface area is 113 Å². The first kappa shape index (κ1) is 15.0. The second kappa shape index (κ2) is 6.24. The van der Waals surface area contributed by atoms with Crippen LogP contribution in [-0.2, 0) is 11.2 Å². The third-order valence-corrected chi connectivity index (χ3v) is 2.22. The molecule has 19 heavy (non-hydrogen) atoms. The zero-order valence-corrected chi connectivity index (χ0v) is 11.4. The molecule has 1 N–H and O–H groups in total. The maximum Gasteiger partial charge on any atom is 0.408 e. The number of halogens is 1. The van der Waals surface area contributed by atoms with E-state index in [1.165, 1.54) is 12.1 Å². The standard InChI is InChI=1S/C15H18FNO2/c1-5-13(17-14(18)19-15(2,3)4)10-11-7-6-8-12(16)9-11/h1,6-9,13H,10H2,2-4H3,(H,17,18). The molecule has 0 aliphatic carbocycles. The summed E-state index contributed by atoms with van der Waals surface area (Å²) in [5.41, 5.74) is 0.140. The molecule has 0 aliphatic rings. The maximum atomic E-state index is 13.0. The topological polar surface area (TPSA) is 38.3 Å². The van der Waals surface area contributed by atoms with Gasteiger partial charge in [-0.3, -0.25) is 0 Å². The molecule has 0 radical (unpaired) electrons. The molecule has 1 aromatic rings. The Balaban J connectivity index is 2.60. The van der Waals surface area contributed by atoms with Crippen LogP contribution in [0.4, 0.5) is 9.18 Å². The highest BCUT2D eigenvalue weighted by molar-refractivity contribution is 5.68. The summed E-state index contributed by atoms with van der Waals surface area (Å²) in [7, 11) is 0. The van der Waals surface area contributed by atoms with Crippen LogP contribution < -0.4 is 5.32 Å². The number of hydrogen-bond acceptors (Lipinski definition) is 2. The highest BCUT2D eigenvalue weighted by Crippen LogP contribution is 2.09. The highest BCUT2D eigenvalue weighted by atomic mass is 19.1. The Kier molecular flexibility index (Phi) is 4.94. The van der Waals surface area contributed by atoms with Crippen LogP contribution in [-0.4, -0.2) is 17.7 Å². The van der Waals surface area contributed by atoms with Crippen LogP contribution in [0.2, 0.25) is 0 Å². The summed E-state index contributed by atoms with van der Waals surface area (Å²) in [5, 5.41) is 2.57. The van der Waals surface area contributed by atoms with Gasteiger partial charge in [-0.15, -0.1) is 6.42 Å². The van der Waals surface area contributed by atoms with Crippen molar-refractivity contribution in [3.05, 3.63) is 35.6 Å². The van der Waals surface area contributed by atoms with Crippen molar-refractivity contribution in [2.24, 2.45) is 0 Å². The van der Waals surface area contributed by atoms with E-state index in [-0.39, 0.29) is 5.82 Å². The van der Waals surface area contributed by atoms with Crippen molar-refractivity contribution in [1.82, 2.24) is 5.32 Å². The molecule has 0 saturated heterocycles. The molecular formula is C15H18FNO2. The van der Waals surface area contributed by atoms with Crippen LogP contribution in [0.25, 0.3) is 0 Å². The van der Waals surface area contributed by atoms with E-state index in [9.17, 15) is 9.18 Å². The third kappa shape index (κ3) is 5.91. The zero-order chi connectivity index (χ0) is 14.5. The lowest BCUT2D eigenvalue weighted by Crippen LogP contribution is -2.39. The number of alkyl carbamates (subject to hydrolysis) is 1. The first-order chi connectivity index (χ1) is 8.80. The van der Waals surface area contributed by atoms with E-state index < -0.39 is 17.7 Å². The van der Waals surface area contributed by atoms with E-state index in [4.69, 9.17) is 11.2 Å². The van der Waals surface area contributed by atoms with Gasteiger partial charge in [0.25, 0.3) is 0 Å². The Morgan fingerprint density at radius 1 is 1.53 bits per heavy atom. The number of hydrogen-bond donors (Lipinski definition) is 1. The zero-order valence-electron chi connectivity index (χ0n) is 11.4. The molecule has 0 heterocycles. The van der Waals surface area contributed by atoms with Gasteiger partial charge < -0.3 is 10.1 Å². The van der Waals surface area contributed by atoms with Crippen molar-refractivity contribution in [3.8, 4) is 12.3 Å². The van der Waals surface area contributed by atoms with Crippen molar-refractivity contribution in [2.75, 3.05) is 0 Å². The van der Waals surface area contributed by atoms with Gasteiger partial charge in [0, 0.05) is 6.42 Å². The van der Waals surface area contributed by atoms with Crippen LogP contribution >= 0.6 is 0 Å². The molecule has 0 aliphatic heterocycles. The molecule has 0 saturated carbocycles. The third-order valence-electron chi connectivity index (χ3n) is 2.22. The average Bonchev–Trinajstić information content (AvgIpc) is 2.25. The predicted molar refractivity (Wildman–Crippen MR) is 72.1 cm³/mol. The van der Waals surface area contributed by atoms with Gasteiger partial charge in [0.1, 0.15) is 11.4 Å². The molecule has 0 fully saturated rings. The first-order valence-electron chi connectivity index (χ1n) is 6.00. The average molecular weight is 263 g/mol. The van der Waals surface area contributed by atoms with Crippen LogP contribution in [0.5, 0.6) is 0 Å². The highest BCUT2D eigenvalue weighted by Gasteiger charge is 2.18. The van der Waals surface area contributed by atoms with Crippen molar-refractivity contribution < 1.29 is 13.9 Å². The van der Waals surface area contributed by atoms with Crippen molar-refractivity contribution >= 4 is 6.09 Å². The Bertz CT molecular complexity index is 486. The van der Waals surface area contributed by atoms with Gasteiger partial charge in [-0.25, -0.2) is 9.18 Å². The van der Waals surface area contributed by atoms with Crippen LogP contribution in [0.1, 0.15) is 26.3 Å². The van der Waals surface area contributed by atoms with E-state index in [0.717, 1.165) is 5.56 Å². The Morgan fingerprint density at radius 3 is 2.74 bits per heavy atom. The van der Waals surface area contributed by atoms with Crippen molar-refractivity contribution in [3.63, 3.8) is 0 Å².